The minimum Gasteiger partial charge on any atom is -0.294 e. The molecule has 0 fully saturated rings. The lowest BCUT2D eigenvalue weighted by molar-refractivity contribution is 0.240. The molecule has 5 nitrogen and oxygen atoms in total. The lowest BCUT2D eigenvalue weighted by Gasteiger charge is -2.28. The van der Waals surface area contributed by atoms with Gasteiger partial charge in [-0.25, -0.2) is 4.68 Å². The highest BCUT2D eigenvalue weighted by atomic mass is 16.1. The molecule has 1 aliphatic heterocycles. The summed E-state index contributed by atoms with van der Waals surface area (Å²) < 4.78 is 1.43. The number of hydrogen-bond donors (Lipinski definition) is 0. The van der Waals surface area contributed by atoms with Gasteiger partial charge < -0.3 is 0 Å². The van der Waals surface area contributed by atoms with Crippen molar-refractivity contribution in [3.05, 3.63) is 56.8 Å². The van der Waals surface area contributed by atoms with Gasteiger partial charge in [-0.3, -0.25) is 14.7 Å². The van der Waals surface area contributed by atoms with E-state index in [1.165, 1.54) is 15.9 Å². The van der Waals surface area contributed by atoms with Crippen molar-refractivity contribution in [3.8, 4) is 0 Å². The van der Waals surface area contributed by atoms with Crippen LogP contribution in [0.3, 0.4) is 0 Å². The molecule has 0 saturated carbocycles. The second-order valence-electron chi connectivity index (χ2n) is 6.89. The van der Waals surface area contributed by atoms with Gasteiger partial charge in [0.25, 0.3) is 5.56 Å². The Kier molecular flexibility index (Phi) is 4.81. The zero-order chi connectivity index (χ0) is 17.3. The molecule has 1 aliphatic rings. The van der Waals surface area contributed by atoms with E-state index < -0.39 is 0 Å². The van der Waals surface area contributed by atoms with Crippen molar-refractivity contribution in [2.75, 3.05) is 6.54 Å². The zero-order valence-electron chi connectivity index (χ0n) is 15.0. The lowest BCUT2D eigenvalue weighted by Crippen LogP contribution is -2.34. The average molecular weight is 326 g/mol. The smallest absolute Gasteiger partial charge is 0.266 e. The van der Waals surface area contributed by atoms with Crippen molar-refractivity contribution in [2.24, 2.45) is 7.05 Å². The van der Waals surface area contributed by atoms with Gasteiger partial charge in [0, 0.05) is 50.6 Å². The lowest BCUT2D eigenvalue weighted by atomic mass is 10.0. The third kappa shape index (κ3) is 3.41. The van der Waals surface area contributed by atoms with Crippen LogP contribution in [0.15, 0.2) is 23.0 Å². The number of fused-ring (bicyclic) bond motifs is 1. The molecular formula is C19H26N4O. The Hall–Kier alpha value is -2.01. The Balaban J connectivity index is 1.80. The quantitative estimate of drug-likeness (QED) is 0.866. The summed E-state index contributed by atoms with van der Waals surface area (Å²) in [5, 5.41) is 4.38. The summed E-state index contributed by atoms with van der Waals surface area (Å²) in [6, 6.07) is 6.10. The van der Waals surface area contributed by atoms with Crippen LogP contribution in [-0.2, 0) is 33.0 Å². The van der Waals surface area contributed by atoms with Crippen molar-refractivity contribution < 1.29 is 0 Å². The van der Waals surface area contributed by atoms with Gasteiger partial charge in [-0.1, -0.05) is 26.8 Å². The van der Waals surface area contributed by atoms with Crippen LogP contribution in [0.2, 0.25) is 0 Å². The third-order valence-electron chi connectivity index (χ3n) is 4.73. The fourth-order valence-corrected chi connectivity index (χ4v) is 3.25. The monoisotopic (exact) mass is 326 g/mol. The molecule has 0 aliphatic carbocycles. The van der Waals surface area contributed by atoms with E-state index >= 15 is 0 Å². The Morgan fingerprint density at radius 1 is 1.29 bits per heavy atom. The molecule has 3 rings (SSSR count). The van der Waals surface area contributed by atoms with E-state index in [9.17, 15) is 4.79 Å². The Labute approximate surface area is 143 Å². The number of hydrogen-bond acceptors (Lipinski definition) is 4. The first kappa shape index (κ1) is 16.8. The maximum Gasteiger partial charge on any atom is 0.266 e. The van der Waals surface area contributed by atoms with Crippen molar-refractivity contribution in [2.45, 2.75) is 52.6 Å². The molecule has 2 aromatic rings. The molecule has 0 spiro atoms. The fraction of sp³-hybridized carbons (Fsp3) is 0.526. The van der Waals surface area contributed by atoms with Crippen molar-refractivity contribution >= 4 is 0 Å². The molecule has 5 heteroatoms. The molecule has 0 aromatic carbocycles. The van der Waals surface area contributed by atoms with E-state index in [0.717, 1.165) is 49.4 Å². The van der Waals surface area contributed by atoms with Gasteiger partial charge in [-0.2, -0.15) is 5.10 Å². The first-order chi connectivity index (χ1) is 11.5. The van der Waals surface area contributed by atoms with Crippen LogP contribution in [0.25, 0.3) is 0 Å². The van der Waals surface area contributed by atoms with Gasteiger partial charge in [0.1, 0.15) is 0 Å². The molecule has 0 N–H and O–H groups in total. The number of nitrogens with zero attached hydrogens (tertiary/aromatic N) is 4. The van der Waals surface area contributed by atoms with E-state index in [-0.39, 0.29) is 5.56 Å². The van der Waals surface area contributed by atoms with Crippen LogP contribution in [0, 0.1) is 0 Å². The largest absolute Gasteiger partial charge is 0.294 e. The average Bonchev–Trinajstić information content (AvgIpc) is 2.56. The maximum atomic E-state index is 11.8. The second-order valence-corrected chi connectivity index (χ2v) is 6.89. The summed E-state index contributed by atoms with van der Waals surface area (Å²) >= 11 is 0. The number of aromatic nitrogens is 3. The van der Waals surface area contributed by atoms with E-state index in [4.69, 9.17) is 4.98 Å². The molecule has 0 bridgehead atoms. The van der Waals surface area contributed by atoms with Crippen LogP contribution < -0.4 is 5.56 Å². The van der Waals surface area contributed by atoms with E-state index in [1.807, 2.05) is 0 Å². The molecular weight excluding hydrogens is 300 g/mol. The molecule has 0 saturated heterocycles. The Morgan fingerprint density at radius 2 is 2.08 bits per heavy atom. The summed E-state index contributed by atoms with van der Waals surface area (Å²) in [7, 11) is 1.71. The molecule has 2 aromatic heterocycles. The molecule has 0 unspecified atom stereocenters. The van der Waals surface area contributed by atoms with Crippen LogP contribution in [0.5, 0.6) is 0 Å². The Morgan fingerprint density at radius 3 is 2.79 bits per heavy atom. The summed E-state index contributed by atoms with van der Waals surface area (Å²) in [5.74, 6) is 0.452. The van der Waals surface area contributed by atoms with E-state index in [2.05, 4.69) is 42.9 Å². The highest BCUT2D eigenvalue weighted by molar-refractivity contribution is 5.26. The molecule has 0 atom stereocenters. The molecule has 3 heterocycles. The highest BCUT2D eigenvalue weighted by Gasteiger charge is 2.20. The van der Waals surface area contributed by atoms with Gasteiger partial charge in [-0.15, -0.1) is 0 Å². The van der Waals surface area contributed by atoms with Crippen molar-refractivity contribution in [3.63, 3.8) is 0 Å². The normalized spacial score (nSPS) is 14.9. The Bertz CT molecular complexity index is 794. The van der Waals surface area contributed by atoms with Gasteiger partial charge in [0.2, 0.25) is 0 Å². The number of rotatable bonds is 4. The van der Waals surface area contributed by atoms with Gasteiger partial charge in [-0.05, 0) is 29.5 Å². The highest BCUT2D eigenvalue weighted by Crippen LogP contribution is 2.21. The predicted octanol–water partition coefficient (Wildman–Crippen LogP) is 2.42. The standard InChI is InChI=1S/C19H26N4O/c1-5-16-14(6-7-17(20-16)13(2)3)11-23-9-8-18-15(12-23)10-19(24)22(4)21-18/h6-7,10,13H,5,8-9,11-12H2,1-4H3. The van der Waals surface area contributed by atoms with E-state index in [0.29, 0.717) is 5.92 Å². The molecule has 0 amide bonds. The second kappa shape index (κ2) is 6.85. The van der Waals surface area contributed by atoms with Crippen LogP contribution in [-0.4, -0.2) is 26.2 Å². The van der Waals surface area contributed by atoms with Crippen molar-refractivity contribution in [1.82, 2.24) is 19.7 Å². The van der Waals surface area contributed by atoms with Crippen LogP contribution in [0.1, 0.15) is 54.9 Å². The summed E-state index contributed by atoms with van der Waals surface area (Å²) in [4.78, 5) is 19.0. The molecule has 24 heavy (non-hydrogen) atoms. The summed E-state index contributed by atoms with van der Waals surface area (Å²) in [5.41, 5.74) is 5.72. The minimum absolute atomic E-state index is 0.0344. The van der Waals surface area contributed by atoms with Gasteiger partial charge >= 0.3 is 0 Å². The molecule has 0 radical (unpaired) electrons. The zero-order valence-corrected chi connectivity index (χ0v) is 15.0. The molecule has 128 valence electrons. The first-order valence-corrected chi connectivity index (χ1v) is 8.75. The first-order valence-electron chi connectivity index (χ1n) is 8.75. The van der Waals surface area contributed by atoms with Crippen molar-refractivity contribution in [1.29, 1.82) is 0 Å². The summed E-state index contributed by atoms with van der Waals surface area (Å²) in [6.07, 6.45) is 1.84. The third-order valence-corrected chi connectivity index (χ3v) is 4.73. The maximum absolute atomic E-state index is 11.8. The van der Waals surface area contributed by atoms with Gasteiger partial charge in [0.05, 0.1) is 5.69 Å². The fourth-order valence-electron chi connectivity index (χ4n) is 3.25. The predicted molar refractivity (Wildman–Crippen MR) is 95.0 cm³/mol. The minimum atomic E-state index is -0.0344. The summed E-state index contributed by atoms with van der Waals surface area (Å²) in [6.45, 7) is 9.14. The van der Waals surface area contributed by atoms with Crippen LogP contribution >= 0.6 is 0 Å². The topological polar surface area (TPSA) is 51.0 Å². The van der Waals surface area contributed by atoms with Crippen LogP contribution in [0.4, 0.5) is 0 Å². The number of pyridine rings is 1. The van der Waals surface area contributed by atoms with E-state index in [1.54, 1.807) is 13.1 Å². The van der Waals surface area contributed by atoms with Gasteiger partial charge in [0.15, 0.2) is 0 Å². The SMILES string of the molecule is CCc1nc(C(C)C)ccc1CN1CCc2nn(C)c(=O)cc2C1. The number of aryl methyl sites for hydroxylation is 2.